The zero-order valence-corrected chi connectivity index (χ0v) is 14.2. The molecule has 1 amide bonds. The number of hydrogen-bond donors (Lipinski definition) is 2. The summed E-state index contributed by atoms with van der Waals surface area (Å²) in [4.78, 5) is 15.0. The number of benzene rings is 1. The molecule has 1 aromatic heterocycles. The van der Waals surface area contributed by atoms with Crippen molar-refractivity contribution in [2.24, 2.45) is 5.92 Å². The van der Waals surface area contributed by atoms with E-state index in [1.807, 2.05) is 36.4 Å². The molecule has 1 aliphatic heterocycles. The molecule has 0 spiro atoms. The van der Waals surface area contributed by atoms with E-state index in [-0.39, 0.29) is 17.9 Å². The van der Waals surface area contributed by atoms with E-state index in [2.05, 4.69) is 10.2 Å². The lowest BCUT2D eigenvalue weighted by Gasteiger charge is -2.31. The van der Waals surface area contributed by atoms with Gasteiger partial charge in [0.25, 0.3) is 0 Å². The molecular formula is C20H24N2O3. The Morgan fingerprint density at radius 3 is 2.76 bits per heavy atom. The number of nitrogens with zero attached hydrogens (tertiary/aromatic N) is 1. The molecule has 2 aromatic rings. The van der Waals surface area contributed by atoms with Crippen molar-refractivity contribution in [2.45, 2.75) is 38.0 Å². The molecule has 132 valence electrons. The number of carbonyl (C=O) groups is 1. The third-order valence-electron chi connectivity index (χ3n) is 5.42. The summed E-state index contributed by atoms with van der Waals surface area (Å²) in [5, 5.41) is 13.4. The predicted octanol–water partition coefficient (Wildman–Crippen LogP) is 2.27. The van der Waals surface area contributed by atoms with Crippen LogP contribution in [0.15, 0.2) is 47.1 Å². The van der Waals surface area contributed by atoms with Gasteiger partial charge >= 0.3 is 0 Å². The first-order chi connectivity index (χ1) is 12.2. The molecule has 5 nitrogen and oxygen atoms in total. The Morgan fingerprint density at radius 2 is 2.00 bits per heavy atom. The minimum absolute atomic E-state index is 0.0211. The van der Waals surface area contributed by atoms with Gasteiger partial charge in [-0.3, -0.25) is 9.69 Å². The molecule has 1 saturated heterocycles. The Balaban J connectivity index is 1.32. The number of fused-ring (bicyclic) bond motifs is 1. The van der Waals surface area contributed by atoms with Crippen LogP contribution in [0.3, 0.4) is 0 Å². The number of amides is 1. The second kappa shape index (κ2) is 7.02. The average molecular weight is 340 g/mol. The summed E-state index contributed by atoms with van der Waals surface area (Å²) < 4.78 is 5.40. The van der Waals surface area contributed by atoms with Gasteiger partial charge in [-0.05, 0) is 49.2 Å². The largest absolute Gasteiger partial charge is 0.468 e. The van der Waals surface area contributed by atoms with Crippen LogP contribution in [0.25, 0.3) is 0 Å². The van der Waals surface area contributed by atoms with Gasteiger partial charge < -0.3 is 14.8 Å². The topological polar surface area (TPSA) is 65.7 Å². The summed E-state index contributed by atoms with van der Waals surface area (Å²) in [5.74, 6) is 1.06. The van der Waals surface area contributed by atoms with Crippen molar-refractivity contribution in [1.82, 2.24) is 10.2 Å². The number of aliphatic hydroxyl groups is 1. The van der Waals surface area contributed by atoms with Crippen molar-refractivity contribution < 1.29 is 14.3 Å². The van der Waals surface area contributed by atoms with Crippen molar-refractivity contribution in [2.75, 3.05) is 13.1 Å². The van der Waals surface area contributed by atoms with Gasteiger partial charge in [0.15, 0.2) is 0 Å². The molecule has 2 aliphatic rings. The van der Waals surface area contributed by atoms with Crippen LogP contribution in [0.1, 0.15) is 35.8 Å². The summed E-state index contributed by atoms with van der Waals surface area (Å²) in [6, 6.07) is 11.6. The SMILES string of the molecule is O=C(N[C@@H]1c2ccccc2C[C@@H]1O)C1CCN(Cc2ccco2)CC1. The molecule has 5 heteroatoms. The van der Waals surface area contributed by atoms with E-state index in [1.54, 1.807) is 6.26 Å². The third-order valence-corrected chi connectivity index (χ3v) is 5.42. The van der Waals surface area contributed by atoms with Gasteiger partial charge in [0.1, 0.15) is 5.76 Å². The minimum atomic E-state index is -0.527. The summed E-state index contributed by atoms with van der Waals surface area (Å²) in [6.45, 7) is 2.58. The Morgan fingerprint density at radius 1 is 1.20 bits per heavy atom. The molecule has 1 aliphatic carbocycles. The van der Waals surface area contributed by atoms with Crippen molar-refractivity contribution in [1.29, 1.82) is 0 Å². The first-order valence-corrected chi connectivity index (χ1v) is 9.01. The first kappa shape index (κ1) is 16.4. The van der Waals surface area contributed by atoms with Crippen LogP contribution in [-0.2, 0) is 17.8 Å². The van der Waals surface area contributed by atoms with Crippen molar-refractivity contribution in [3.8, 4) is 0 Å². The summed E-state index contributed by atoms with van der Waals surface area (Å²) in [5.41, 5.74) is 2.19. The fraction of sp³-hybridized carbons (Fsp3) is 0.450. The molecular weight excluding hydrogens is 316 g/mol. The fourth-order valence-corrected chi connectivity index (χ4v) is 4.00. The molecule has 1 aromatic carbocycles. The Bertz CT molecular complexity index is 720. The van der Waals surface area contributed by atoms with Gasteiger partial charge in [-0.2, -0.15) is 0 Å². The van der Waals surface area contributed by atoms with Crippen LogP contribution < -0.4 is 5.32 Å². The lowest BCUT2D eigenvalue weighted by molar-refractivity contribution is -0.128. The first-order valence-electron chi connectivity index (χ1n) is 9.01. The van der Waals surface area contributed by atoms with E-state index < -0.39 is 6.10 Å². The summed E-state index contributed by atoms with van der Waals surface area (Å²) >= 11 is 0. The standard InChI is InChI=1S/C20H24N2O3/c23-18-12-15-4-1-2-6-17(15)19(18)21-20(24)14-7-9-22(10-8-14)13-16-5-3-11-25-16/h1-6,11,14,18-19,23H,7-10,12-13H2,(H,21,24)/t18-,19+/m0/s1. The van der Waals surface area contributed by atoms with E-state index in [9.17, 15) is 9.90 Å². The molecule has 0 radical (unpaired) electrons. The van der Waals surface area contributed by atoms with Crippen molar-refractivity contribution in [3.63, 3.8) is 0 Å². The highest BCUT2D eigenvalue weighted by molar-refractivity contribution is 5.79. The molecule has 2 N–H and O–H groups in total. The van der Waals surface area contributed by atoms with Gasteiger partial charge in [-0.1, -0.05) is 24.3 Å². The number of likely N-dealkylation sites (tertiary alicyclic amines) is 1. The van der Waals surface area contributed by atoms with Gasteiger partial charge in [-0.25, -0.2) is 0 Å². The number of nitrogens with one attached hydrogen (secondary N) is 1. The maximum Gasteiger partial charge on any atom is 0.223 e. The predicted molar refractivity (Wildman–Crippen MR) is 93.7 cm³/mol. The number of aliphatic hydroxyl groups excluding tert-OH is 1. The highest BCUT2D eigenvalue weighted by Gasteiger charge is 2.34. The summed E-state index contributed by atoms with van der Waals surface area (Å²) in [6.07, 6.45) is 3.47. The van der Waals surface area contributed by atoms with Crippen LogP contribution in [0, 0.1) is 5.92 Å². The molecule has 0 bridgehead atoms. The molecule has 2 atom stereocenters. The zero-order chi connectivity index (χ0) is 17.2. The van der Waals surface area contributed by atoms with E-state index >= 15 is 0 Å². The molecule has 0 saturated carbocycles. The third kappa shape index (κ3) is 3.48. The maximum atomic E-state index is 12.7. The molecule has 2 heterocycles. The van der Waals surface area contributed by atoms with Gasteiger partial charge in [0, 0.05) is 12.3 Å². The van der Waals surface area contributed by atoms with Crippen LogP contribution in [0.2, 0.25) is 0 Å². The number of hydrogen-bond acceptors (Lipinski definition) is 4. The van der Waals surface area contributed by atoms with Crippen LogP contribution >= 0.6 is 0 Å². The number of furan rings is 1. The number of rotatable bonds is 4. The second-order valence-electron chi connectivity index (χ2n) is 7.09. The van der Waals surface area contributed by atoms with E-state index in [0.717, 1.165) is 49.4 Å². The average Bonchev–Trinajstić information content (AvgIpc) is 3.24. The smallest absolute Gasteiger partial charge is 0.223 e. The highest BCUT2D eigenvalue weighted by atomic mass is 16.3. The van der Waals surface area contributed by atoms with Crippen molar-refractivity contribution in [3.05, 3.63) is 59.5 Å². The normalized spacial score (nSPS) is 24.2. The number of piperidine rings is 1. The minimum Gasteiger partial charge on any atom is -0.468 e. The van der Waals surface area contributed by atoms with Crippen LogP contribution in [0.4, 0.5) is 0 Å². The zero-order valence-electron chi connectivity index (χ0n) is 14.2. The van der Waals surface area contributed by atoms with Crippen LogP contribution in [0.5, 0.6) is 0 Å². The highest BCUT2D eigenvalue weighted by Crippen LogP contribution is 2.32. The van der Waals surface area contributed by atoms with E-state index in [1.165, 1.54) is 0 Å². The Kier molecular flexibility index (Phi) is 4.59. The van der Waals surface area contributed by atoms with Crippen LogP contribution in [-0.4, -0.2) is 35.1 Å². The van der Waals surface area contributed by atoms with Gasteiger partial charge in [0.05, 0.1) is 25.0 Å². The monoisotopic (exact) mass is 340 g/mol. The molecule has 0 unspecified atom stereocenters. The Hall–Kier alpha value is -2.11. The molecule has 1 fully saturated rings. The van der Waals surface area contributed by atoms with Gasteiger partial charge in [-0.15, -0.1) is 0 Å². The van der Waals surface area contributed by atoms with E-state index in [0.29, 0.717) is 6.42 Å². The number of carbonyl (C=O) groups excluding carboxylic acids is 1. The Labute approximate surface area is 147 Å². The lowest BCUT2D eigenvalue weighted by atomic mass is 9.95. The quantitative estimate of drug-likeness (QED) is 0.896. The summed E-state index contributed by atoms with van der Waals surface area (Å²) in [7, 11) is 0. The lowest BCUT2D eigenvalue weighted by Crippen LogP contribution is -2.42. The maximum absolute atomic E-state index is 12.7. The van der Waals surface area contributed by atoms with Gasteiger partial charge in [0.2, 0.25) is 5.91 Å². The fourth-order valence-electron chi connectivity index (χ4n) is 4.00. The van der Waals surface area contributed by atoms with Crippen molar-refractivity contribution >= 4 is 5.91 Å². The second-order valence-corrected chi connectivity index (χ2v) is 7.09. The molecule has 4 rings (SSSR count). The molecule has 25 heavy (non-hydrogen) atoms. The van der Waals surface area contributed by atoms with E-state index in [4.69, 9.17) is 4.42 Å².